The topological polar surface area (TPSA) is 24.5 Å². The molecular weight excluding hydrogens is 260 g/mol. The molecule has 1 saturated carbocycles. The Labute approximate surface area is 129 Å². The number of hydrogen-bond donors (Lipinski definition) is 1. The molecule has 1 aromatic rings. The highest BCUT2D eigenvalue weighted by Crippen LogP contribution is 2.28. The zero-order valence-corrected chi connectivity index (χ0v) is 13.8. The minimum absolute atomic E-state index is 0.825. The van der Waals surface area contributed by atoms with Crippen molar-refractivity contribution in [3.05, 3.63) is 29.3 Å². The van der Waals surface area contributed by atoms with Gasteiger partial charge in [-0.3, -0.25) is 0 Å². The van der Waals surface area contributed by atoms with E-state index in [0.717, 1.165) is 38.8 Å². The van der Waals surface area contributed by atoms with Crippen LogP contribution in [0.4, 0.5) is 5.69 Å². The van der Waals surface area contributed by atoms with Crippen LogP contribution in [0.25, 0.3) is 0 Å². The molecule has 0 bridgehead atoms. The van der Waals surface area contributed by atoms with Crippen molar-refractivity contribution in [1.29, 1.82) is 0 Å². The number of aryl methyl sites for hydroxylation is 1. The Hall–Kier alpha value is -1.06. The molecule has 1 aromatic carbocycles. The van der Waals surface area contributed by atoms with Gasteiger partial charge < -0.3 is 15.0 Å². The lowest BCUT2D eigenvalue weighted by molar-refractivity contribution is 0.131. The minimum Gasteiger partial charge on any atom is -0.379 e. The van der Waals surface area contributed by atoms with Crippen LogP contribution in [0.2, 0.25) is 0 Å². The number of ether oxygens (including phenoxy) is 1. The maximum absolute atomic E-state index is 5.72. The normalized spacial score (nSPS) is 14.4. The summed E-state index contributed by atoms with van der Waals surface area (Å²) < 4.78 is 5.72. The van der Waals surface area contributed by atoms with Gasteiger partial charge in [0.15, 0.2) is 0 Å². The Balaban J connectivity index is 1.76. The number of rotatable bonds is 10. The lowest BCUT2D eigenvalue weighted by atomic mass is 10.1. The highest BCUT2D eigenvalue weighted by Gasteiger charge is 2.20. The average molecular weight is 290 g/mol. The highest BCUT2D eigenvalue weighted by atomic mass is 16.5. The fraction of sp³-hybridized carbons (Fsp3) is 0.667. The Morgan fingerprint density at radius 3 is 2.81 bits per heavy atom. The zero-order valence-electron chi connectivity index (χ0n) is 13.8. The van der Waals surface area contributed by atoms with Gasteiger partial charge >= 0.3 is 0 Å². The van der Waals surface area contributed by atoms with Gasteiger partial charge in [-0.05, 0) is 61.9 Å². The summed E-state index contributed by atoms with van der Waals surface area (Å²) in [6.45, 7) is 9.18. The standard InChI is InChI=1S/C18H30N2O/c1-4-9-19-13-17-7-8-18(12-15(17)2)20(3)10-11-21-14-16-5-6-16/h7-8,12,16,19H,4-6,9-11,13-14H2,1-3H3. The van der Waals surface area contributed by atoms with Crippen LogP contribution >= 0.6 is 0 Å². The van der Waals surface area contributed by atoms with Gasteiger partial charge in [-0.15, -0.1) is 0 Å². The summed E-state index contributed by atoms with van der Waals surface area (Å²) in [5.74, 6) is 0.854. The van der Waals surface area contributed by atoms with Crippen molar-refractivity contribution in [2.45, 2.75) is 39.7 Å². The second-order valence-electron chi connectivity index (χ2n) is 6.23. The molecule has 0 radical (unpaired) electrons. The fourth-order valence-electron chi connectivity index (χ4n) is 2.38. The average Bonchev–Trinajstić information content (AvgIpc) is 3.29. The van der Waals surface area contributed by atoms with Crippen molar-refractivity contribution >= 4 is 5.69 Å². The van der Waals surface area contributed by atoms with E-state index in [9.17, 15) is 0 Å². The lowest BCUT2D eigenvalue weighted by Gasteiger charge is -2.21. The molecule has 2 rings (SSSR count). The summed E-state index contributed by atoms with van der Waals surface area (Å²) in [5, 5.41) is 3.47. The van der Waals surface area contributed by atoms with E-state index in [0.29, 0.717) is 0 Å². The molecule has 0 aliphatic heterocycles. The fourth-order valence-corrected chi connectivity index (χ4v) is 2.38. The summed E-state index contributed by atoms with van der Waals surface area (Å²) in [5.41, 5.74) is 4.04. The molecule has 0 saturated heterocycles. The molecule has 1 aliphatic carbocycles. The summed E-state index contributed by atoms with van der Waals surface area (Å²) in [4.78, 5) is 2.28. The summed E-state index contributed by atoms with van der Waals surface area (Å²) >= 11 is 0. The van der Waals surface area contributed by atoms with Gasteiger partial charge in [0.05, 0.1) is 6.61 Å². The largest absolute Gasteiger partial charge is 0.379 e. The quantitative estimate of drug-likeness (QED) is 0.669. The van der Waals surface area contributed by atoms with Crippen molar-refractivity contribution in [3.63, 3.8) is 0 Å². The lowest BCUT2D eigenvalue weighted by Crippen LogP contribution is -2.23. The molecule has 0 heterocycles. The first-order valence-electron chi connectivity index (χ1n) is 8.29. The SMILES string of the molecule is CCCNCc1ccc(N(C)CCOCC2CC2)cc1C. The third-order valence-corrected chi connectivity index (χ3v) is 4.13. The van der Waals surface area contributed by atoms with Crippen LogP contribution in [0, 0.1) is 12.8 Å². The van der Waals surface area contributed by atoms with E-state index < -0.39 is 0 Å². The third kappa shape index (κ3) is 5.68. The van der Waals surface area contributed by atoms with Crippen molar-refractivity contribution in [1.82, 2.24) is 5.32 Å². The molecule has 1 N–H and O–H groups in total. The van der Waals surface area contributed by atoms with Crippen molar-refractivity contribution < 1.29 is 4.74 Å². The first kappa shape index (κ1) is 16.3. The van der Waals surface area contributed by atoms with Gasteiger partial charge in [0.25, 0.3) is 0 Å². The van der Waals surface area contributed by atoms with Crippen LogP contribution in [0.3, 0.4) is 0 Å². The number of nitrogens with zero attached hydrogens (tertiary/aromatic N) is 1. The van der Waals surface area contributed by atoms with Gasteiger partial charge in [0.1, 0.15) is 0 Å². The number of benzene rings is 1. The third-order valence-electron chi connectivity index (χ3n) is 4.13. The summed E-state index contributed by atoms with van der Waals surface area (Å²) in [6.07, 6.45) is 3.91. The highest BCUT2D eigenvalue weighted by molar-refractivity contribution is 5.50. The van der Waals surface area contributed by atoms with Crippen LogP contribution in [0.15, 0.2) is 18.2 Å². The molecule has 3 nitrogen and oxygen atoms in total. The van der Waals surface area contributed by atoms with Crippen LogP contribution < -0.4 is 10.2 Å². The predicted octanol–water partition coefficient (Wildman–Crippen LogP) is 3.36. The number of likely N-dealkylation sites (N-methyl/N-ethyl adjacent to an activating group) is 1. The molecule has 0 amide bonds. The predicted molar refractivity (Wildman–Crippen MR) is 90.0 cm³/mol. The zero-order chi connectivity index (χ0) is 15.1. The molecule has 3 heteroatoms. The Kier molecular flexibility index (Phi) is 6.52. The van der Waals surface area contributed by atoms with Gasteiger partial charge in [-0.25, -0.2) is 0 Å². The van der Waals surface area contributed by atoms with E-state index in [1.54, 1.807) is 0 Å². The first-order chi connectivity index (χ1) is 10.2. The minimum atomic E-state index is 0.825. The van der Waals surface area contributed by atoms with Gasteiger partial charge in [-0.2, -0.15) is 0 Å². The number of anilines is 1. The van der Waals surface area contributed by atoms with E-state index in [2.05, 4.69) is 49.3 Å². The van der Waals surface area contributed by atoms with E-state index in [-0.39, 0.29) is 0 Å². The van der Waals surface area contributed by atoms with Crippen molar-refractivity contribution in [2.24, 2.45) is 5.92 Å². The molecule has 0 spiro atoms. The second-order valence-corrected chi connectivity index (χ2v) is 6.23. The van der Waals surface area contributed by atoms with Gasteiger partial charge in [0, 0.05) is 32.4 Å². The molecule has 1 aliphatic rings. The number of nitrogens with one attached hydrogen (secondary N) is 1. The molecule has 0 unspecified atom stereocenters. The van der Waals surface area contributed by atoms with E-state index in [1.807, 2.05) is 0 Å². The smallest absolute Gasteiger partial charge is 0.0641 e. The maximum Gasteiger partial charge on any atom is 0.0641 e. The van der Waals surface area contributed by atoms with Gasteiger partial charge in [-0.1, -0.05) is 13.0 Å². The molecule has 21 heavy (non-hydrogen) atoms. The number of hydrogen-bond acceptors (Lipinski definition) is 3. The van der Waals surface area contributed by atoms with Crippen molar-refractivity contribution in [2.75, 3.05) is 38.3 Å². The first-order valence-corrected chi connectivity index (χ1v) is 8.29. The van der Waals surface area contributed by atoms with Crippen LogP contribution in [0.1, 0.15) is 37.3 Å². The monoisotopic (exact) mass is 290 g/mol. The maximum atomic E-state index is 5.72. The van der Waals surface area contributed by atoms with Crippen LogP contribution in [-0.2, 0) is 11.3 Å². The second kappa shape index (κ2) is 8.40. The summed E-state index contributed by atoms with van der Waals surface area (Å²) in [6, 6.07) is 6.75. The summed E-state index contributed by atoms with van der Waals surface area (Å²) in [7, 11) is 2.14. The van der Waals surface area contributed by atoms with E-state index in [1.165, 1.54) is 36.1 Å². The molecule has 118 valence electrons. The molecule has 1 fully saturated rings. The van der Waals surface area contributed by atoms with E-state index in [4.69, 9.17) is 4.74 Å². The molecule has 0 atom stereocenters. The Morgan fingerprint density at radius 2 is 2.14 bits per heavy atom. The Morgan fingerprint density at radius 1 is 1.33 bits per heavy atom. The molecular formula is C18H30N2O. The van der Waals surface area contributed by atoms with Crippen molar-refractivity contribution in [3.8, 4) is 0 Å². The van der Waals surface area contributed by atoms with Gasteiger partial charge in [0.2, 0.25) is 0 Å². The van der Waals surface area contributed by atoms with Crippen LogP contribution in [-0.4, -0.2) is 33.4 Å². The van der Waals surface area contributed by atoms with Crippen LogP contribution in [0.5, 0.6) is 0 Å². The Bertz CT molecular complexity index is 429. The van der Waals surface area contributed by atoms with E-state index >= 15 is 0 Å². The molecule has 0 aromatic heterocycles.